The Labute approximate surface area is 134 Å². The molecule has 4 heteroatoms. The van der Waals surface area contributed by atoms with Crippen LogP contribution >= 0.6 is 12.4 Å². The molecular formula is C17H27ClN2O. The third kappa shape index (κ3) is 5.68. The molecule has 0 saturated carbocycles. The molecule has 118 valence electrons. The van der Waals surface area contributed by atoms with E-state index in [-0.39, 0.29) is 24.4 Å². The van der Waals surface area contributed by atoms with E-state index >= 15 is 0 Å². The van der Waals surface area contributed by atoms with Crippen molar-refractivity contribution in [1.29, 1.82) is 0 Å². The second-order valence-corrected chi connectivity index (χ2v) is 6.03. The van der Waals surface area contributed by atoms with Crippen molar-refractivity contribution in [3.8, 4) is 0 Å². The van der Waals surface area contributed by atoms with Gasteiger partial charge in [0.15, 0.2) is 0 Å². The minimum absolute atomic E-state index is 0. The van der Waals surface area contributed by atoms with Crippen LogP contribution in [0.15, 0.2) is 30.3 Å². The second-order valence-electron chi connectivity index (χ2n) is 6.03. The minimum Gasteiger partial charge on any atom is -0.349 e. The van der Waals surface area contributed by atoms with Crippen LogP contribution in [0.1, 0.15) is 51.1 Å². The Morgan fingerprint density at radius 1 is 1.33 bits per heavy atom. The zero-order valence-corrected chi connectivity index (χ0v) is 13.8. The minimum atomic E-state index is 0. The molecule has 1 aliphatic heterocycles. The van der Waals surface area contributed by atoms with Crippen molar-refractivity contribution in [3.05, 3.63) is 35.9 Å². The Morgan fingerprint density at radius 2 is 2.05 bits per heavy atom. The maximum atomic E-state index is 12.1. The Bertz CT molecular complexity index is 416. The summed E-state index contributed by atoms with van der Waals surface area (Å²) in [6.45, 7) is 5.40. The smallest absolute Gasteiger partial charge is 0.220 e. The Morgan fingerprint density at radius 3 is 2.62 bits per heavy atom. The van der Waals surface area contributed by atoms with Gasteiger partial charge in [-0.05, 0) is 37.3 Å². The van der Waals surface area contributed by atoms with Crippen molar-refractivity contribution in [2.45, 2.75) is 51.6 Å². The van der Waals surface area contributed by atoms with Gasteiger partial charge in [-0.15, -0.1) is 12.4 Å². The van der Waals surface area contributed by atoms with Crippen LogP contribution in [0.25, 0.3) is 0 Å². The van der Waals surface area contributed by atoms with E-state index in [0.717, 1.165) is 13.0 Å². The molecule has 1 heterocycles. The number of rotatable bonds is 6. The van der Waals surface area contributed by atoms with E-state index in [0.29, 0.717) is 18.4 Å². The van der Waals surface area contributed by atoms with Crippen molar-refractivity contribution >= 4 is 18.3 Å². The predicted molar refractivity (Wildman–Crippen MR) is 89.7 cm³/mol. The topological polar surface area (TPSA) is 41.1 Å². The summed E-state index contributed by atoms with van der Waals surface area (Å²) in [5.41, 5.74) is 1.19. The second kappa shape index (κ2) is 9.06. The molecule has 0 aromatic heterocycles. The van der Waals surface area contributed by atoms with E-state index in [1.807, 2.05) is 18.2 Å². The fourth-order valence-corrected chi connectivity index (χ4v) is 2.85. The first-order chi connectivity index (χ1) is 9.66. The van der Waals surface area contributed by atoms with Gasteiger partial charge in [0.05, 0.1) is 6.04 Å². The highest BCUT2D eigenvalue weighted by atomic mass is 35.5. The standard InChI is InChI=1S/C17H26N2O.ClH/c1-13(2)17(14-7-4-3-5-8-14)19-16(20)11-10-15-9-6-12-18-15;/h3-5,7-8,13,15,17-18H,6,9-12H2,1-2H3,(H,19,20);1H. The zero-order valence-electron chi connectivity index (χ0n) is 13.0. The Kier molecular flexibility index (Phi) is 7.76. The quantitative estimate of drug-likeness (QED) is 0.845. The molecule has 0 radical (unpaired) electrons. The largest absolute Gasteiger partial charge is 0.349 e. The molecule has 1 aromatic carbocycles. The van der Waals surface area contributed by atoms with E-state index in [9.17, 15) is 4.79 Å². The number of benzene rings is 1. The highest BCUT2D eigenvalue weighted by Crippen LogP contribution is 2.21. The maximum Gasteiger partial charge on any atom is 0.220 e. The molecule has 0 spiro atoms. The number of nitrogens with one attached hydrogen (secondary N) is 2. The van der Waals surface area contributed by atoms with Gasteiger partial charge in [0.1, 0.15) is 0 Å². The van der Waals surface area contributed by atoms with E-state index in [4.69, 9.17) is 0 Å². The van der Waals surface area contributed by atoms with Gasteiger partial charge < -0.3 is 10.6 Å². The van der Waals surface area contributed by atoms with E-state index in [1.54, 1.807) is 0 Å². The van der Waals surface area contributed by atoms with Crippen molar-refractivity contribution < 1.29 is 4.79 Å². The van der Waals surface area contributed by atoms with Crippen LogP contribution in [-0.4, -0.2) is 18.5 Å². The van der Waals surface area contributed by atoms with E-state index in [2.05, 4.69) is 36.6 Å². The molecule has 2 unspecified atom stereocenters. The van der Waals surface area contributed by atoms with Crippen molar-refractivity contribution in [3.63, 3.8) is 0 Å². The highest BCUT2D eigenvalue weighted by Gasteiger charge is 2.20. The highest BCUT2D eigenvalue weighted by molar-refractivity contribution is 5.85. The van der Waals surface area contributed by atoms with Crippen LogP contribution in [-0.2, 0) is 4.79 Å². The van der Waals surface area contributed by atoms with Crippen LogP contribution in [0.5, 0.6) is 0 Å². The summed E-state index contributed by atoms with van der Waals surface area (Å²) in [7, 11) is 0. The van der Waals surface area contributed by atoms with Crippen molar-refractivity contribution in [1.82, 2.24) is 10.6 Å². The van der Waals surface area contributed by atoms with Gasteiger partial charge in [-0.25, -0.2) is 0 Å². The third-order valence-corrected chi connectivity index (χ3v) is 4.02. The summed E-state index contributed by atoms with van der Waals surface area (Å²) >= 11 is 0. The number of carbonyl (C=O) groups is 1. The van der Waals surface area contributed by atoms with Crippen molar-refractivity contribution in [2.24, 2.45) is 5.92 Å². The molecule has 3 nitrogen and oxygen atoms in total. The SMILES string of the molecule is CC(C)C(NC(=O)CCC1CCCN1)c1ccccc1.Cl. The lowest BCUT2D eigenvalue weighted by Crippen LogP contribution is -2.33. The van der Waals surface area contributed by atoms with Crippen LogP contribution in [0.3, 0.4) is 0 Å². The monoisotopic (exact) mass is 310 g/mol. The van der Waals surface area contributed by atoms with Crippen molar-refractivity contribution in [2.75, 3.05) is 6.54 Å². The summed E-state index contributed by atoms with van der Waals surface area (Å²) in [6, 6.07) is 10.9. The van der Waals surface area contributed by atoms with Crippen LogP contribution in [0.4, 0.5) is 0 Å². The number of hydrogen-bond donors (Lipinski definition) is 2. The molecule has 21 heavy (non-hydrogen) atoms. The van der Waals surface area contributed by atoms with Gasteiger partial charge in [-0.3, -0.25) is 4.79 Å². The number of amides is 1. The van der Waals surface area contributed by atoms with Gasteiger partial charge in [0.25, 0.3) is 0 Å². The normalized spacial score (nSPS) is 19.1. The molecule has 1 amide bonds. The van der Waals surface area contributed by atoms with Gasteiger partial charge in [-0.1, -0.05) is 44.2 Å². The number of carbonyl (C=O) groups excluding carboxylic acids is 1. The Hall–Kier alpha value is -1.06. The summed E-state index contributed by atoms with van der Waals surface area (Å²) in [6.07, 6.45) is 4.02. The molecule has 2 rings (SSSR count). The average Bonchev–Trinajstić information content (AvgIpc) is 2.96. The molecule has 1 aromatic rings. The molecule has 0 aliphatic carbocycles. The number of halogens is 1. The van der Waals surface area contributed by atoms with Gasteiger partial charge >= 0.3 is 0 Å². The molecule has 1 saturated heterocycles. The van der Waals surface area contributed by atoms with Gasteiger partial charge in [-0.2, -0.15) is 0 Å². The summed E-state index contributed by atoms with van der Waals surface area (Å²) in [5.74, 6) is 0.562. The predicted octanol–water partition coefficient (Wildman–Crippen LogP) is 3.45. The lowest BCUT2D eigenvalue weighted by Gasteiger charge is -2.23. The fraction of sp³-hybridized carbons (Fsp3) is 0.588. The van der Waals surface area contributed by atoms with Crippen LogP contribution < -0.4 is 10.6 Å². The van der Waals surface area contributed by atoms with Gasteiger partial charge in [0, 0.05) is 12.5 Å². The molecule has 0 bridgehead atoms. The first-order valence-electron chi connectivity index (χ1n) is 7.74. The molecule has 1 fully saturated rings. The van der Waals surface area contributed by atoms with Gasteiger partial charge in [0.2, 0.25) is 5.91 Å². The lowest BCUT2D eigenvalue weighted by atomic mass is 9.95. The summed E-state index contributed by atoms with van der Waals surface area (Å²) in [5, 5.41) is 6.63. The lowest BCUT2D eigenvalue weighted by molar-refractivity contribution is -0.122. The fourth-order valence-electron chi connectivity index (χ4n) is 2.85. The van der Waals surface area contributed by atoms with Crippen LogP contribution in [0, 0.1) is 5.92 Å². The van der Waals surface area contributed by atoms with E-state index in [1.165, 1.54) is 18.4 Å². The third-order valence-electron chi connectivity index (χ3n) is 4.02. The first kappa shape index (κ1) is 18.0. The first-order valence-corrected chi connectivity index (χ1v) is 7.74. The Balaban J connectivity index is 0.00000220. The number of hydrogen-bond acceptors (Lipinski definition) is 2. The molecular weight excluding hydrogens is 284 g/mol. The maximum absolute atomic E-state index is 12.1. The van der Waals surface area contributed by atoms with Crippen LogP contribution in [0.2, 0.25) is 0 Å². The summed E-state index contributed by atoms with van der Waals surface area (Å²) < 4.78 is 0. The summed E-state index contributed by atoms with van der Waals surface area (Å²) in [4.78, 5) is 12.1. The molecule has 1 aliphatic rings. The average molecular weight is 311 g/mol. The molecule has 2 N–H and O–H groups in total. The zero-order chi connectivity index (χ0) is 14.4. The molecule has 2 atom stereocenters. The van der Waals surface area contributed by atoms with E-state index < -0.39 is 0 Å².